The summed E-state index contributed by atoms with van der Waals surface area (Å²) in [6.45, 7) is 4.03. The Labute approximate surface area is 104 Å². The molecule has 0 saturated carbocycles. The van der Waals surface area contributed by atoms with Crippen molar-refractivity contribution in [2.24, 2.45) is 0 Å². The summed E-state index contributed by atoms with van der Waals surface area (Å²) < 4.78 is 9.28. The van der Waals surface area contributed by atoms with E-state index in [0.717, 1.165) is 6.92 Å². The second-order valence-electron chi connectivity index (χ2n) is 3.48. The predicted octanol–water partition coefficient (Wildman–Crippen LogP) is 0.304. The van der Waals surface area contributed by atoms with E-state index in [9.17, 15) is 19.2 Å². The second-order valence-corrected chi connectivity index (χ2v) is 3.48. The monoisotopic (exact) mass is 260 g/mol. The quantitative estimate of drug-likeness (QED) is 0.656. The fourth-order valence-corrected chi connectivity index (χ4v) is 1.05. The van der Waals surface area contributed by atoms with E-state index in [2.05, 4.69) is 9.47 Å². The Hall–Kier alpha value is -1.92. The first-order valence-electron chi connectivity index (χ1n) is 5.45. The van der Waals surface area contributed by atoms with E-state index in [-0.39, 0.29) is 12.8 Å². The van der Waals surface area contributed by atoms with Crippen LogP contribution < -0.4 is 0 Å². The molecule has 18 heavy (non-hydrogen) atoms. The Morgan fingerprint density at radius 1 is 0.944 bits per heavy atom. The highest BCUT2D eigenvalue weighted by Gasteiger charge is 2.37. The van der Waals surface area contributed by atoms with Crippen LogP contribution in [0, 0.1) is 0 Å². The molecule has 0 fully saturated rings. The van der Waals surface area contributed by atoms with Gasteiger partial charge in [-0.2, -0.15) is 0 Å². The molecule has 0 aromatic rings. The van der Waals surface area contributed by atoms with E-state index in [1.165, 1.54) is 13.8 Å². The minimum Gasteiger partial charge on any atom is -0.478 e. The smallest absolute Gasteiger partial charge is 0.349 e. The van der Waals surface area contributed by atoms with Crippen molar-refractivity contribution in [1.29, 1.82) is 0 Å². The Balaban J connectivity index is 4.99. The van der Waals surface area contributed by atoms with Gasteiger partial charge in [-0.1, -0.05) is 13.8 Å². The van der Waals surface area contributed by atoms with Crippen molar-refractivity contribution in [2.75, 3.05) is 0 Å². The van der Waals surface area contributed by atoms with Gasteiger partial charge in [0.15, 0.2) is 5.78 Å². The molecular weight excluding hydrogens is 244 g/mol. The fraction of sp³-hybridized carbons (Fsp3) is 0.636. The molecule has 0 spiro atoms. The van der Waals surface area contributed by atoms with Crippen molar-refractivity contribution >= 4 is 23.7 Å². The van der Waals surface area contributed by atoms with E-state index < -0.39 is 35.9 Å². The summed E-state index contributed by atoms with van der Waals surface area (Å²) in [7, 11) is 0. The molecule has 0 aliphatic carbocycles. The number of carbonyl (C=O) groups excluding carboxylic acids is 3. The number of carboxylic acid groups (broad SMARTS) is 1. The summed E-state index contributed by atoms with van der Waals surface area (Å²) in [4.78, 5) is 44.4. The SMILES string of the molecule is CCC(=O)OC(C(C)=O)C(OC(=O)CC)C(=O)O. The zero-order valence-corrected chi connectivity index (χ0v) is 10.5. The van der Waals surface area contributed by atoms with Crippen LogP contribution in [0.4, 0.5) is 0 Å². The molecule has 0 radical (unpaired) electrons. The highest BCUT2D eigenvalue weighted by Crippen LogP contribution is 2.09. The van der Waals surface area contributed by atoms with Crippen LogP contribution in [0.2, 0.25) is 0 Å². The largest absolute Gasteiger partial charge is 0.478 e. The minimum absolute atomic E-state index is 0.0160. The van der Waals surface area contributed by atoms with Gasteiger partial charge in [-0.15, -0.1) is 0 Å². The van der Waals surface area contributed by atoms with Gasteiger partial charge in [0.05, 0.1) is 0 Å². The van der Waals surface area contributed by atoms with Gasteiger partial charge in [-0.25, -0.2) is 4.79 Å². The maximum atomic E-state index is 11.3. The lowest BCUT2D eigenvalue weighted by Crippen LogP contribution is -2.44. The lowest BCUT2D eigenvalue weighted by Gasteiger charge is -2.21. The Kier molecular flexibility index (Phi) is 6.62. The van der Waals surface area contributed by atoms with Crippen LogP contribution in [0.5, 0.6) is 0 Å². The van der Waals surface area contributed by atoms with Crippen molar-refractivity contribution in [3.05, 3.63) is 0 Å². The van der Waals surface area contributed by atoms with Crippen LogP contribution in [-0.4, -0.2) is 41.0 Å². The molecule has 0 aromatic heterocycles. The summed E-state index contributed by atoms with van der Waals surface area (Å²) in [6.07, 6.45) is -3.50. The molecule has 1 N–H and O–H groups in total. The van der Waals surface area contributed by atoms with E-state index in [1.54, 1.807) is 0 Å². The van der Waals surface area contributed by atoms with Crippen molar-refractivity contribution in [2.45, 2.75) is 45.8 Å². The Morgan fingerprint density at radius 3 is 1.61 bits per heavy atom. The van der Waals surface area contributed by atoms with Gasteiger partial charge in [-0.05, 0) is 6.92 Å². The minimum atomic E-state index is -1.81. The van der Waals surface area contributed by atoms with Crippen LogP contribution in [0.1, 0.15) is 33.6 Å². The number of ketones is 1. The molecule has 0 rings (SSSR count). The molecule has 0 saturated heterocycles. The molecular formula is C11H16O7. The first-order chi connectivity index (χ1) is 8.33. The number of rotatable bonds is 7. The van der Waals surface area contributed by atoms with Crippen molar-refractivity contribution in [3.63, 3.8) is 0 Å². The van der Waals surface area contributed by atoms with E-state index in [0.29, 0.717) is 0 Å². The van der Waals surface area contributed by atoms with E-state index in [1.807, 2.05) is 0 Å². The number of esters is 2. The van der Waals surface area contributed by atoms with Gasteiger partial charge in [0.2, 0.25) is 12.2 Å². The van der Waals surface area contributed by atoms with Crippen molar-refractivity contribution < 1.29 is 33.8 Å². The summed E-state index contributed by atoms with van der Waals surface area (Å²) in [5.74, 6) is -3.77. The van der Waals surface area contributed by atoms with Gasteiger partial charge in [0.25, 0.3) is 0 Å². The zero-order chi connectivity index (χ0) is 14.3. The highest BCUT2D eigenvalue weighted by molar-refractivity contribution is 5.91. The summed E-state index contributed by atoms with van der Waals surface area (Å²) in [5, 5.41) is 8.90. The van der Waals surface area contributed by atoms with Crippen LogP contribution >= 0.6 is 0 Å². The number of aliphatic carboxylic acids is 1. The van der Waals surface area contributed by atoms with Gasteiger partial charge in [0, 0.05) is 12.8 Å². The molecule has 0 heterocycles. The second kappa shape index (κ2) is 7.41. The van der Waals surface area contributed by atoms with Gasteiger partial charge in [0.1, 0.15) is 0 Å². The number of hydrogen-bond acceptors (Lipinski definition) is 6. The Morgan fingerprint density at radius 2 is 1.33 bits per heavy atom. The normalized spacial score (nSPS) is 13.3. The van der Waals surface area contributed by atoms with Crippen LogP contribution in [0.25, 0.3) is 0 Å². The molecule has 102 valence electrons. The van der Waals surface area contributed by atoms with Crippen molar-refractivity contribution in [3.8, 4) is 0 Å². The number of hydrogen-bond donors (Lipinski definition) is 1. The molecule has 0 aliphatic rings. The first kappa shape index (κ1) is 16.1. The average Bonchev–Trinajstić information content (AvgIpc) is 2.31. The van der Waals surface area contributed by atoms with E-state index >= 15 is 0 Å². The maximum Gasteiger partial charge on any atom is 0.349 e. The first-order valence-corrected chi connectivity index (χ1v) is 5.45. The van der Waals surface area contributed by atoms with Crippen LogP contribution in [0.15, 0.2) is 0 Å². The Bertz CT molecular complexity index is 313. The third kappa shape index (κ3) is 4.94. The van der Waals surface area contributed by atoms with Crippen LogP contribution in [-0.2, 0) is 28.7 Å². The maximum absolute atomic E-state index is 11.3. The number of carboxylic acids is 1. The number of carbonyl (C=O) groups is 4. The molecule has 7 heteroatoms. The molecule has 7 nitrogen and oxygen atoms in total. The third-order valence-corrected chi connectivity index (χ3v) is 2.01. The predicted molar refractivity (Wildman–Crippen MR) is 58.7 cm³/mol. The topological polar surface area (TPSA) is 107 Å². The number of Topliss-reactive ketones (excluding diaryl/α,β-unsaturated/α-hetero) is 1. The lowest BCUT2D eigenvalue weighted by molar-refractivity contribution is -0.181. The zero-order valence-electron chi connectivity index (χ0n) is 10.5. The summed E-state index contributed by atoms with van der Waals surface area (Å²) >= 11 is 0. The number of ether oxygens (including phenoxy) is 2. The molecule has 0 amide bonds. The summed E-state index contributed by atoms with van der Waals surface area (Å²) in [5.41, 5.74) is 0. The molecule has 0 aliphatic heterocycles. The van der Waals surface area contributed by atoms with Gasteiger partial charge >= 0.3 is 17.9 Å². The van der Waals surface area contributed by atoms with Gasteiger partial charge < -0.3 is 14.6 Å². The van der Waals surface area contributed by atoms with Crippen LogP contribution in [0.3, 0.4) is 0 Å². The fourth-order valence-electron chi connectivity index (χ4n) is 1.05. The lowest BCUT2D eigenvalue weighted by atomic mass is 10.1. The molecule has 2 unspecified atom stereocenters. The highest BCUT2D eigenvalue weighted by atomic mass is 16.6. The average molecular weight is 260 g/mol. The van der Waals surface area contributed by atoms with Crippen molar-refractivity contribution in [1.82, 2.24) is 0 Å². The van der Waals surface area contributed by atoms with Gasteiger partial charge in [-0.3, -0.25) is 14.4 Å². The molecule has 2 atom stereocenters. The standard InChI is InChI=1S/C11H16O7/c1-4-7(13)17-9(6(3)12)10(11(15)16)18-8(14)5-2/h9-10H,4-5H2,1-3H3,(H,15,16). The molecule has 0 aromatic carbocycles. The molecule has 0 bridgehead atoms. The summed E-state index contributed by atoms with van der Waals surface area (Å²) in [6, 6.07) is 0. The third-order valence-electron chi connectivity index (χ3n) is 2.01. The van der Waals surface area contributed by atoms with E-state index in [4.69, 9.17) is 5.11 Å².